The lowest BCUT2D eigenvalue weighted by Gasteiger charge is -2.15. The Bertz CT molecular complexity index is 712. The number of aryl methyl sites for hydroxylation is 1. The average Bonchev–Trinajstić information content (AvgIpc) is 2.77. The van der Waals surface area contributed by atoms with Crippen LogP contribution in [0.15, 0.2) is 53.4 Å². The Morgan fingerprint density at radius 1 is 1.05 bits per heavy atom. The lowest BCUT2D eigenvalue weighted by Crippen LogP contribution is -2.31. The van der Waals surface area contributed by atoms with Crippen LogP contribution in [0.3, 0.4) is 0 Å². The van der Waals surface area contributed by atoms with Gasteiger partial charge >= 0.3 is 0 Å². The summed E-state index contributed by atoms with van der Waals surface area (Å²) in [6.45, 7) is 1.95. The quantitative estimate of drug-likeness (QED) is 0.813. The van der Waals surface area contributed by atoms with Crippen LogP contribution >= 0.6 is 11.8 Å². The lowest BCUT2D eigenvalue weighted by molar-refractivity contribution is -0.121. The Balaban J connectivity index is 1.79. The number of nitrogens with zero attached hydrogens (tertiary/aromatic N) is 1. The van der Waals surface area contributed by atoms with Gasteiger partial charge in [-0.25, -0.2) is 9.29 Å². The van der Waals surface area contributed by atoms with E-state index in [9.17, 15) is 14.0 Å². The molecule has 2 aromatic rings. The van der Waals surface area contributed by atoms with Gasteiger partial charge in [-0.3, -0.25) is 9.59 Å². The number of hydrogen-bond donors (Lipinski definition) is 0. The summed E-state index contributed by atoms with van der Waals surface area (Å²) in [7, 11) is 0. The molecule has 22 heavy (non-hydrogen) atoms. The second kappa shape index (κ2) is 5.93. The van der Waals surface area contributed by atoms with Crippen molar-refractivity contribution in [2.45, 2.75) is 23.5 Å². The molecule has 1 heterocycles. The molecule has 3 nitrogen and oxygen atoms in total. The largest absolute Gasteiger partial charge is 0.274 e. The first-order chi connectivity index (χ1) is 10.5. The molecule has 2 amide bonds. The van der Waals surface area contributed by atoms with E-state index in [0.29, 0.717) is 5.69 Å². The van der Waals surface area contributed by atoms with Crippen LogP contribution in [0.2, 0.25) is 0 Å². The van der Waals surface area contributed by atoms with Gasteiger partial charge in [0.15, 0.2) is 0 Å². The molecule has 112 valence electrons. The van der Waals surface area contributed by atoms with E-state index >= 15 is 0 Å². The molecule has 0 saturated carbocycles. The Hall–Kier alpha value is -2.14. The smallest absolute Gasteiger partial charge is 0.247 e. The molecule has 1 atom stereocenters. The van der Waals surface area contributed by atoms with Gasteiger partial charge in [0.1, 0.15) is 5.82 Å². The van der Waals surface area contributed by atoms with Crippen molar-refractivity contribution in [3.63, 3.8) is 0 Å². The molecule has 5 heteroatoms. The summed E-state index contributed by atoms with van der Waals surface area (Å²) in [5, 5.41) is -0.459. The molecule has 2 aromatic carbocycles. The normalized spacial score (nSPS) is 18.1. The zero-order valence-corrected chi connectivity index (χ0v) is 12.8. The Kier molecular flexibility index (Phi) is 3.98. The van der Waals surface area contributed by atoms with Gasteiger partial charge in [0.05, 0.1) is 10.9 Å². The van der Waals surface area contributed by atoms with Crippen LogP contribution in [-0.4, -0.2) is 17.1 Å². The topological polar surface area (TPSA) is 37.4 Å². The number of halogens is 1. The van der Waals surface area contributed by atoms with Crippen molar-refractivity contribution in [3.05, 3.63) is 59.9 Å². The van der Waals surface area contributed by atoms with Gasteiger partial charge in [0.2, 0.25) is 11.8 Å². The minimum Gasteiger partial charge on any atom is -0.274 e. The summed E-state index contributed by atoms with van der Waals surface area (Å²) < 4.78 is 12.9. The van der Waals surface area contributed by atoms with Crippen LogP contribution < -0.4 is 4.90 Å². The molecule has 0 aliphatic carbocycles. The van der Waals surface area contributed by atoms with E-state index in [1.54, 1.807) is 24.3 Å². The van der Waals surface area contributed by atoms with E-state index in [0.717, 1.165) is 10.5 Å². The van der Waals surface area contributed by atoms with Crippen molar-refractivity contribution in [3.8, 4) is 0 Å². The van der Waals surface area contributed by atoms with Crippen LogP contribution in [0.4, 0.5) is 10.1 Å². The van der Waals surface area contributed by atoms with E-state index in [2.05, 4.69) is 0 Å². The van der Waals surface area contributed by atoms with Gasteiger partial charge in [-0.2, -0.15) is 0 Å². The molecular formula is C17H14FNO2S. The number of rotatable bonds is 3. The second-order valence-corrected chi connectivity index (χ2v) is 6.44. The minimum atomic E-state index is -0.459. The highest BCUT2D eigenvalue weighted by Gasteiger charge is 2.40. The third-order valence-corrected chi connectivity index (χ3v) is 4.69. The van der Waals surface area contributed by atoms with Crippen molar-refractivity contribution in [1.29, 1.82) is 0 Å². The molecule has 0 radical (unpaired) electrons. The summed E-state index contributed by atoms with van der Waals surface area (Å²) in [6.07, 6.45) is 0.161. The van der Waals surface area contributed by atoms with Crippen LogP contribution in [0.25, 0.3) is 0 Å². The van der Waals surface area contributed by atoms with Crippen molar-refractivity contribution in [1.82, 2.24) is 0 Å². The zero-order chi connectivity index (χ0) is 15.7. The SMILES string of the molecule is Cc1ccc(N2C(=O)C[C@H](Sc3ccc(F)cc3)C2=O)cc1. The number of carbonyl (C=O) groups excluding carboxylic acids is 2. The molecule has 0 unspecified atom stereocenters. The number of thioether (sulfide) groups is 1. The fourth-order valence-electron chi connectivity index (χ4n) is 2.34. The van der Waals surface area contributed by atoms with Crippen molar-refractivity contribution in [2.24, 2.45) is 0 Å². The predicted molar refractivity (Wildman–Crippen MR) is 84.3 cm³/mol. The third-order valence-electron chi connectivity index (χ3n) is 3.49. The van der Waals surface area contributed by atoms with E-state index in [1.807, 2.05) is 19.1 Å². The molecular weight excluding hydrogens is 301 g/mol. The van der Waals surface area contributed by atoms with Gasteiger partial charge in [-0.15, -0.1) is 11.8 Å². The van der Waals surface area contributed by atoms with Gasteiger partial charge in [0, 0.05) is 11.3 Å². The summed E-state index contributed by atoms with van der Waals surface area (Å²) in [4.78, 5) is 26.7. The van der Waals surface area contributed by atoms with Crippen molar-refractivity contribution in [2.75, 3.05) is 4.90 Å². The monoisotopic (exact) mass is 315 g/mol. The Morgan fingerprint density at radius 2 is 1.68 bits per heavy atom. The lowest BCUT2D eigenvalue weighted by atomic mass is 10.2. The third kappa shape index (κ3) is 2.90. The first kappa shape index (κ1) is 14.8. The van der Waals surface area contributed by atoms with Crippen LogP contribution in [0, 0.1) is 12.7 Å². The predicted octanol–water partition coefficient (Wildman–Crippen LogP) is 3.56. The van der Waals surface area contributed by atoms with Gasteiger partial charge < -0.3 is 0 Å². The van der Waals surface area contributed by atoms with Gasteiger partial charge in [0.25, 0.3) is 0 Å². The molecule has 1 fully saturated rings. The number of carbonyl (C=O) groups is 2. The summed E-state index contributed by atoms with van der Waals surface area (Å²) in [6, 6.07) is 13.2. The highest BCUT2D eigenvalue weighted by molar-refractivity contribution is 8.00. The summed E-state index contributed by atoms with van der Waals surface area (Å²) >= 11 is 1.29. The molecule has 0 N–H and O–H groups in total. The Labute approximate surface area is 132 Å². The maximum atomic E-state index is 12.9. The Morgan fingerprint density at radius 3 is 2.32 bits per heavy atom. The average molecular weight is 315 g/mol. The molecule has 1 saturated heterocycles. The zero-order valence-electron chi connectivity index (χ0n) is 12.0. The molecule has 3 rings (SSSR count). The van der Waals surface area contributed by atoms with Crippen LogP contribution in [0.5, 0.6) is 0 Å². The van der Waals surface area contributed by atoms with Crippen LogP contribution in [-0.2, 0) is 9.59 Å². The first-order valence-corrected chi connectivity index (χ1v) is 7.78. The van der Waals surface area contributed by atoms with E-state index < -0.39 is 5.25 Å². The number of hydrogen-bond acceptors (Lipinski definition) is 3. The fraction of sp³-hybridized carbons (Fsp3) is 0.176. The van der Waals surface area contributed by atoms with Crippen molar-refractivity contribution < 1.29 is 14.0 Å². The molecule has 0 aromatic heterocycles. The molecule has 0 bridgehead atoms. The standard InChI is InChI=1S/C17H14FNO2S/c1-11-2-6-13(7-3-11)19-16(20)10-15(17(19)21)22-14-8-4-12(18)5-9-14/h2-9,15H,10H2,1H3/t15-/m0/s1. The second-order valence-electron chi connectivity index (χ2n) is 5.17. The maximum Gasteiger partial charge on any atom is 0.247 e. The highest BCUT2D eigenvalue weighted by atomic mass is 32.2. The molecule has 1 aliphatic heterocycles. The van der Waals surface area contributed by atoms with Crippen LogP contribution in [0.1, 0.15) is 12.0 Å². The van der Waals surface area contributed by atoms with E-state index in [1.165, 1.54) is 28.8 Å². The first-order valence-electron chi connectivity index (χ1n) is 6.90. The number of benzene rings is 2. The maximum absolute atomic E-state index is 12.9. The van der Waals surface area contributed by atoms with E-state index in [-0.39, 0.29) is 24.1 Å². The van der Waals surface area contributed by atoms with Gasteiger partial charge in [-0.05, 0) is 43.3 Å². The minimum absolute atomic E-state index is 0.161. The fourth-order valence-corrected chi connectivity index (χ4v) is 3.39. The van der Waals surface area contributed by atoms with Gasteiger partial charge in [-0.1, -0.05) is 17.7 Å². The number of imide groups is 1. The van der Waals surface area contributed by atoms with Crippen molar-refractivity contribution >= 4 is 29.3 Å². The summed E-state index contributed by atoms with van der Waals surface area (Å²) in [5.41, 5.74) is 1.67. The summed E-state index contributed by atoms with van der Waals surface area (Å²) in [5.74, 6) is -0.740. The van der Waals surface area contributed by atoms with E-state index in [4.69, 9.17) is 0 Å². The number of amides is 2. The highest BCUT2D eigenvalue weighted by Crippen LogP contribution is 2.33. The molecule has 0 spiro atoms. The number of anilines is 1. The molecule has 1 aliphatic rings.